The van der Waals surface area contributed by atoms with Gasteiger partial charge in [-0.25, -0.2) is 12.8 Å². The zero-order valence-corrected chi connectivity index (χ0v) is 13.6. The molecule has 24 heavy (non-hydrogen) atoms. The van der Waals surface area contributed by atoms with Crippen LogP contribution in [0.4, 0.5) is 10.1 Å². The maximum atomic E-state index is 13.3. The molecular weight excluding hydrogens is 335 g/mol. The summed E-state index contributed by atoms with van der Waals surface area (Å²) in [4.78, 5) is 11.6. The molecule has 0 unspecified atom stereocenters. The normalized spacial score (nSPS) is 10.9. The third-order valence-electron chi connectivity index (χ3n) is 2.94. The molecule has 0 aliphatic heterocycles. The van der Waals surface area contributed by atoms with Crippen molar-refractivity contribution < 1.29 is 22.3 Å². The first kappa shape index (κ1) is 17.7. The molecule has 0 fully saturated rings. The van der Waals surface area contributed by atoms with Crippen LogP contribution in [-0.2, 0) is 14.8 Å². The van der Waals surface area contributed by atoms with E-state index in [9.17, 15) is 17.6 Å². The number of anilines is 1. The van der Waals surface area contributed by atoms with Gasteiger partial charge in [0.15, 0.2) is 18.2 Å². The molecule has 0 aliphatic carbocycles. The average Bonchev–Trinajstić information content (AvgIpc) is 2.54. The fourth-order valence-corrected chi connectivity index (χ4v) is 2.79. The van der Waals surface area contributed by atoms with Gasteiger partial charge in [0.2, 0.25) is 10.0 Å². The van der Waals surface area contributed by atoms with Crippen LogP contribution in [0.1, 0.15) is 0 Å². The SMILES string of the molecule is O=C(COc1ccccc1F)NCCS(=O)(=O)Nc1ccccc1. The van der Waals surface area contributed by atoms with E-state index in [2.05, 4.69) is 10.0 Å². The number of amides is 1. The first-order valence-corrected chi connectivity index (χ1v) is 8.81. The third kappa shape index (κ3) is 5.88. The Morgan fingerprint density at radius 2 is 1.71 bits per heavy atom. The standard InChI is InChI=1S/C16H17FN2O4S/c17-14-8-4-5-9-15(14)23-12-16(20)18-10-11-24(21,22)19-13-6-2-1-3-7-13/h1-9,19H,10-12H2,(H,18,20). The number of benzene rings is 2. The highest BCUT2D eigenvalue weighted by Gasteiger charge is 2.11. The molecule has 0 radical (unpaired) electrons. The molecule has 0 aromatic heterocycles. The van der Waals surface area contributed by atoms with E-state index in [-0.39, 0.29) is 18.0 Å². The zero-order valence-electron chi connectivity index (χ0n) is 12.7. The summed E-state index contributed by atoms with van der Waals surface area (Å²) >= 11 is 0. The van der Waals surface area contributed by atoms with Crippen LogP contribution in [0.25, 0.3) is 0 Å². The molecule has 0 saturated carbocycles. The number of para-hydroxylation sites is 2. The lowest BCUT2D eigenvalue weighted by molar-refractivity contribution is -0.123. The molecule has 0 atom stereocenters. The van der Waals surface area contributed by atoms with Crippen molar-refractivity contribution in [2.24, 2.45) is 0 Å². The van der Waals surface area contributed by atoms with Gasteiger partial charge in [0.1, 0.15) is 0 Å². The molecule has 2 rings (SSSR count). The van der Waals surface area contributed by atoms with Gasteiger partial charge in [0, 0.05) is 12.2 Å². The molecule has 128 valence electrons. The van der Waals surface area contributed by atoms with Crippen molar-refractivity contribution >= 4 is 21.6 Å². The molecule has 2 aromatic rings. The van der Waals surface area contributed by atoms with Crippen LogP contribution in [-0.4, -0.2) is 33.2 Å². The topological polar surface area (TPSA) is 84.5 Å². The molecule has 1 amide bonds. The van der Waals surface area contributed by atoms with Gasteiger partial charge in [0.25, 0.3) is 5.91 Å². The van der Waals surface area contributed by atoms with Gasteiger partial charge in [0.05, 0.1) is 5.75 Å². The van der Waals surface area contributed by atoms with Crippen molar-refractivity contribution in [3.63, 3.8) is 0 Å². The van der Waals surface area contributed by atoms with Gasteiger partial charge in [-0.05, 0) is 24.3 Å². The number of sulfonamides is 1. The maximum Gasteiger partial charge on any atom is 0.257 e. The van der Waals surface area contributed by atoms with Crippen LogP contribution in [0.5, 0.6) is 5.75 Å². The Morgan fingerprint density at radius 1 is 1.04 bits per heavy atom. The van der Waals surface area contributed by atoms with E-state index >= 15 is 0 Å². The minimum Gasteiger partial charge on any atom is -0.481 e. The Labute approximate surface area is 139 Å². The fourth-order valence-electron chi connectivity index (χ4n) is 1.82. The van der Waals surface area contributed by atoms with E-state index in [1.165, 1.54) is 18.2 Å². The first-order chi connectivity index (χ1) is 11.5. The number of halogens is 1. The lowest BCUT2D eigenvalue weighted by atomic mass is 10.3. The summed E-state index contributed by atoms with van der Waals surface area (Å²) in [6.45, 7) is -0.477. The van der Waals surface area contributed by atoms with Gasteiger partial charge >= 0.3 is 0 Å². The Hall–Kier alpha value is -2.61. The molecule has 8 heteroatoms. The highest BCUT2D eigenvalue weighted by atomic mass is 32.2. The number of carbonyl (C=O) groups excluding carboxylic acids is 1. The summed E-state index contributed by atoms with van der Waals surface area (Å²) in [5.41, 5.74) is 0.451. The van der Waals surface area contributed by atoms with Crippen LogP contribution in [0, 0.1) is 5.82 Å². The van der Waals surface area contributed by atoms with Crippen LogP contribution in [0.15, 0.2) is 54.6 Å². The lowest BCUT2D eigenvalue weighted by Gasteiger charge is -2.10. The van der Waals surface area contributed by atoms with Gasteiger partial charge in [-0.1, -0.05) is 30.3 Å². The van der Waals surface area contributed by atoms with E-state index in [0.29, 0.717) is 5.69 Å². The van der Waals surface area contributed by atoms with Gasteiger partial charge in [-0.3, -0.25) is 9.52 Å². The lowest BCUT2D eigenvalue weighted by Crippen LogP contribution is -2.34. The minimum atomic E-state index is -3.57. The Kier molecular flexibility index (Phi) is 6.14. The number of hydrogen-bond acceptors (Lipinski definition) is 4. The van der Waals surface area contributed by atoms with Crippen molar-refractivity contribution in [1.82, 2.24) is 5.32 Å². The Bertz CT molecular complexity index is 782. The van der Waals surface area contributed by atoms with Crippen molar-refractivity contribution in [2.75, 3.05) is 23.6 Å². The average molecular weight is 352 g/mol. The third-order valence-corrected chi connectivity index (χ3v) is 4.22. The summed E-state index contributed by atoms with van der Waals surface area (Å²) in [7, 11) is -3.57. The van der Waals surface area contributed by atoms with E-state index in [4.69, 9.17) is 4.74 Å². The summed E-state index contributed by atoms with van der Waals surface area (Å²) in [5, 5.41) is 2.41. The number of ether oxygens (including phenoxy) is 1. The van der Waals surface area contributed by atoms with Gasteiger partial charge in [-0.2, -0.15) is 0 Å². The quantitative estimate of drug-likeness (QED) is 0.758. The molecule has 0 aliphatic rings. The Morgan fingerprint density at radius 3 is 2.42 bits per heavy atom. The van der Waals surface area contributed by atoms with Crippen LogP contribution < -0.4 is 14.8 Å². The number of nitrogens with one attached hydrogen (secondary N) is 2. The number of carbonyl (C=O) groups is 1. The largest absolute Gasteiger partial charge is 0.481 e. The van der Waals surface area contributed by atoms with E-state index in [0.717, 1.165) is 0 Å². The molecular formula is C16H17FN2O4S. The molecule has 6 nitrogen and oxygen atoms in total. The fraction of sp³-hybridized carbons (Fsp3) is 0.188. The Balaban J connectivity index is 1.73. The number of hydrogen-bond donors (Lipinski definition) is 2. The van der Waals surface area contributed by atoms with Crippen molar-refractivity contribution in [1.29, 1.82) is 0 Å². The monoisotopic (exact) mass is 352 g/mol. The highest BCUT2D eigenvalue weighted by Crippen LogP contribution is 2.14. The van der Waals surface area contributed by atoms with Crippen LogP contribution >= 0.6 is 0 Å². The highest BCUT2D eigenvalue weighted by molar-refractivity contribution is 7.92. The van der Waals surface area contributed by atoms with Crippen LogP contribution in [0.2, 0.25) is 0 Å². The molecule has 0 spiro atoms. The van der Waals surface area contributed by atoms with Gasteiger partial charge < -0.3 is 10.1 Å². The van der Waals surface area contributed by atoms with E-state index in [1.807, 2.05) is 0 Å². The van der Waals surface area contributed by atoms with Crippen LogP contribution in [0.3, 0.4) is 0 Å². The first-order valence-electron chi connectivity index (χ1n) is 7.16. The maximum absolute atomic E-state index is 13.3. The number of rotatable bonds is 8. The minimum absolute atomic E-state index is 0.0361. The second-order valence-corrected chi connectivity index (χ2v) is 6.70. The molecule has 0 heterocycles. The summed E-state index contributed by atoms with van der Waals surface area (Å²) in [6.07, 6.45) is 0. The summed E-state index contributed by atoms with van der Waals surface area (Å²) < 4.78 is 44.5. The van der Waals surface area contributed by atoms with E-state index in [1.54, 1.807) is 36.4 Å². The summed E-state index contributed by atoms with van der Waals surface area (Å²) in [6, 6.07) is 14.1. The summed E-state index contributed by atoms with van der Waals surface area (Å²) in [5.74, 6) is -1.42. The van der Waals surface area contributed by atoms with Crippen molar-refractivity contribution in [3.05, 3.63) is 60.4 Å². The zero-order chi connectivity index (χ0) is 17.4. The molecule has 0 saturated heterocycles. The predicted octanol–water partition coefficient (Wildman–Crippen LogP) is 1.76. The smallest absolute Gasteiger partial charge is 0.257 e. The molecule has 2 aromatic carbocycles. The molecule has 0 bridgehead atoms. The van der Waals surface area contributed by atoms with E-state index < -0.39 is 28.4 Å². The van der Waals surface area contributed by atoms with Gasteiger partial charge in [-0.15, -0.1) is 0 Å². The molecule has 2 N–H and O–H groups in total. The van der Waals surface area contributed by atoms with Crippen molar-refractivity contribution in [2.45, 2.75) is 0 Å². The second-order valence-electron chi connectivity index (χ2n) is 4.86. The predicted molar refractivity (Wildman–Crippen MR) is 88.8 cm³/mol. The van der Waals surface area contributed by atoms with Crippen molar-refractivity contribution in [3.8, 4) is 5.75 Å². The second kappa shape index (κ2) is 8.30.